The molecule has 2 aromatic rings. The van der Waals surface area contributed by atoms with Crippen LogP contribution in [0, 0.1) is 5.92 Å². The Bertz CT molecular complexity index is 517. The molecule has 1 fully saturated rings. The van der Waals surface area contributed by atoms with Crippen molar-refractivity contribution in [2.24, 2.45) is 5.92 Å². The minimum absolute atomic E-state index is 0.325. The number of phenols is 1. The van der Waals surface area contributed by atoms with E-state index in [4.69, 9.17) is 0 Å². The van der Waals surface area contributed by atoms with E-state index in [1.54, 1.807) is 12.1 Å². The quantitative estimate of drug-likeness (QED) is 0.852. The van der Waals surface area contributed by atoms with Crippen molar-refractivity contribution < 1.29 is 5.11 Å². The molecular weight excluding hydrogens is 234 g/mol. The smallest absolute Gasteiger partial charge is 0.115 e. The molecule has 1 saturated carbocycles. The summed E-state index contributed by atoms with van der Waals surface area (Å²) in [5.74, 6) is 1.10. The van der Waals surface area contributed by atoms with E-state index in [0.29, 0.717) is 11.8 Å². The molecule has 1 unspecified atom stereocenters. The van der Waals surface area contributed by atoms with Crippen molar-refractivity contribution in [3.8, 4) is 5.75 Å². The number of aromatic hydroxyl groups is 1. The van der Waals surface area contributed by atoms with Crippen LogP contribution < -0.4 is 5.32 Å². The van der Waals surface area contributed by atoms with Gasteiger partial charge in [-0.2, -0.15) is 0 Å². The van der Waals surface area contributed by atoms with Crippen LogP contribution in [0.5, 0.6) is 5.75 Å². The first kappa shape index (κ1) is 12.2. The minimum atomic E-state index is 0.325. The molecule has 0 amide bonds. The van der Waals surface area contributed by atoms with Crippen molar-refractivity contribution in [2.75, 3.05) is 0 Å². The Morgan fingerprint density at radius 2 is 1.68 bits per heavy atom. The number of rotatable bonds is 5. The average Bonchev–Trinajstić information content (AvgIpc) is 3.27. The molecule has 0 saturated heterocycles. The lowest BCUT2D eigenvalue weighted by Crippen LogP contribution is -2.22. The van der Waals surface area contributed by atoms with E-state index in [1.807, 2.05) is 12.1 Å². The van der Waals surface area contributed by atoms with Gasteiger partial charge in [-0.25, -0.2) is 0 Å². The van der Waals surface area contributed by atoms with Crippen LogP contribution in [0.1, 0.15) is 30.0 Å². The van der Waals surface area contributed by atoms with Crippen LogP contribution in [0.15, 0.2) is 54.6 Å². The third-order valence-electron chi connectivity index (χ3n) is 3.71. The zero-order valence-corrected chi connectivity index (χ0v) is 10.9. The summed E-state index contributed by atoms with van der Waals surface area (Å²) in [5.41, 5.74) is 2.59. The van der Waals surface area contributed by atoms with E-state index in [-0.39, 0.29) is 0 Å². The fourth-order valence-corrected chi connectivity index (χ4v) is 2.49. The summed E-state index contributed by atoms with van der Waals surface area (Å²) >= 11 is 0. The molecule has 0 spiro atoms. The summed E-state index contributed by atoms with van der Waals surface area (Å²) < 4.78 is 0. The monoisotopic (exact) mass is 253 g/mol. The predicted molar refractivity (Wildman–Crippen MR) is 76.9 cm³/mol. The molecule has 2 heteroatoms. The van der Waals surface area contributed by atoms with Gasteiger partial charge >= 0.3 is 0 Å². The lowest BCUT2D eigenvalue weighted by atomic mass is 10.0. The number of benzene rings is 2. The normalized spacial score (nSPS) is 16.2. The molecule has 3 rings (SSSR count). The average molecular weight is 253 g/mol. The molecule has 0 heterocycles. The van der Waals surface area contributed by atoms with Crippen LogP contribution in [0.25, 0.3) is 0 Å². The summed E-state index contributed by atoms with van der Waals surface area (Å²) in [5, 5.41) is 12.9. The first-order valence-electron chi connectivity index (χ1n) is 6.89. The van der Waals surface area contributed by atoms with Gasteiger partial charge in [-0.15, -0.1) is 0 Å². The van der Waals surface area contributed by atoms with E-state index in [9.17, 15) is 5.11 Å². The van der Waals surface area contributed by atoms with E-state index >= 15 is 0 Å². The van der Waals surface area contributed by atoms with Crippen molar-refractivity contribution in [1.82, 2.24) is 5.32 Å². The number of phenolic OH excluding ortho intramolecular Hbond substituents is 1. The Hall–Kier alpha value is -1.80. The Kier molecular flexibility index (Phi) is 3.51. The van der Waals surface area contributed by atoms with Gasteiger partial charge in [-0.05, 0) is 42.0 Å². The number of hydrogen-bond donors (Lipinski definition) is 2. The standard InChI is InChI=1S/C17H19NO/c19-16-10-6-13(7-11-16)12-18-17(15-8-9-15)14-4-2-1-3-5-14/h1-7,10-11,15,17-19H,8-9,12H2. The molecule has 0 radical (unpaired) electrons. The molecule has 1 aliphatic rings. The van der Waals surface area contributed by atoms with Crippen molar-refractivity contribution in [3.05, 3.63) is 65.7 Å². The van der Waals surface area contributed by atoms with E-state index < -0.39 is 0 Å². The Morgan fingerprint density at radius 3 is 2.32 bits per heavy atom. The first-order valence-corrected chi connectivity index (χ1v) is 6.89. The molecule has 2 N–H and O–H groups in total. The van der Waals surface area contributed by atoms with Gasteiger partial charge in [-0.1, -0.05) is 42.5 Å². The van der Waals surface area contributed by atoms with Crippen LogP contribution in [0.3, 0.4) is 0 Å². The molecule has 0 aromatic heterocycles. The second kappa shape index (κ2) is 5.45. The summed E-state index contributed by atoms with van der Waals surface area (Å²) in [6, 6.07) is 18.5. The van der Waals surface area contributed by atoms with Gasteiger partial charge in [0.25, 0.3) is 0 Å². The molecule has 0 bridgehead atoms. The molecule has 2 aromatic carbocycles. The fraction of sp³-hybridized carbons (Fsp3) is 0.294. The van der Waals surface area contributed by atoms with Gasteiger partial charge < -0.3 is 10.4 Å². The maximum Gasteiger partial charge on any atom is 0.115 e. The highest BCUT2D eigenvalue weighted by Gasteiger charge is 2.31. The second-order valence-corrected chi connectivity index (χ2v) is 5.27. The number of hydrogen-bond acceptors (Lipinski definition) is 2. The summed E-state index contributed by atoms with van der Waals surface area (Å²) in [6.07, 6.45) is 2.64. The summed E-state index contributed by atoms with van der Waals surface area (Å²) in [6.45, 7) is 0.844. The highest BCUT2D eigenvalue weighted by atomic mass is 16.3. The maximum absolute atomic E-state index is 9.29. The first-order chi connectivity index (χ1) is 9.33. The largest absolute Gasteiger partial charge is 0.508 e. The second-order valence-electron chi connectivity index (χ2n) is 5.27. The third-order valence-corrected chi connectivity index (χ3v) is 3.71. The van der Waals surface area contributed by atoms with Crippen molar-refractivity contribution in [1.29, 1.82) is 0 Å². The molecule has 1 aliphatic carbocycles. The van der Waals surface area contributed by atoms with Gasteiger partial charge in [0.2, 0.25) is 0 Å². The lowest BCUT2D eigenvalue weighted by molar-refractivity contribution is 0.471. The van der Waals surface area contributed by atoms with Crippen LogP contribution in [0.4, 0.5) is 0 Å². The van der Waals surface area contributed by atoms with Crippen LogP contribution in [-0.2, 0) is 6.54 Å². The predicted octanol–water partition coefficient (Wildman–Crippen LogP) is 3.63. The third kappa shape index (κ3) is 3.15. The number of nitrogens with one attached hydrogen (secondary N) is 1. The zero-order chi connectivity index (χ0) is 13.1. The fourth-order valence-electron chi connectivity index (χ4n) is 2.49. The van der Waals surface area contributed by atoms with Gasteiger partial charge in [0.1, 0.15) is 5.75 Å². The Balaban J connectivity index is 1.67. The van der Waals surface area contributed by atoms with Gasteiger partial charge in [0, 0.05) is 12.6 Å². The van der Waals surface area contributed by atoms with Gasteiger partial charge in [0.05, 0.1) is 0 Å². The molecular formula is C17H19NO. The van der Waals surface area contributed by atoms with E-state index in [1.165, 1.54) is 24.0 Å². The minimum Gasteiger partial charge on any atom is -0.508 e. The Labute approximate surface area is 114 Å². The topological polar surface area (TPSA) is 32.3 Å². The van der Waals surface area contributed by atoms with Crippen molar-refractivity contribution >= 4 is 0 Å². The summed E-state index contributed by atoms with van der Waals surface area (Å²) in [7, 11) is 0. The Morgan fingerprint density at radius 1 is 1.00 bits per heavy atom. The highest BCUT2D eigenvalue weighted by molar-refractivity contribution is 5.26. The molecule has 2 nitrogen and oxygen atoms in total. The van der Waals surface area contributed by atoms with Gasteiger partial charge in [0.15, 0.2) is 0 Å². The van der Waals surface area contributed by atoms with Gasteiger partial charge in [-0.3, -0.25) is 0 Å². The van der Waals surface area contributed by atoms with Crippen LogP contribution in [0.2, 0.25) is 0 Å². The molecule has 0 aliphatic heterocycles. The lowest BCUT2D eigenvalue weighted by Gasteiger charge is -2.19. The molecule has 98 valence electrons. The summed E-state index contributed by atoms with van der Waals surface area (Å²) in [4.78, 5) is 0. The van der Waals surface area contributed by atoms with Crippen LogP contribution >= 0.6 is 0 Å². The SMILES string of the molecule is Oc1ccc(CNC(c2ccccc2)C2CC2)cc1. The highest BCUT2D eigenvalue weighted by Crippen LogP contribution is 2.41. The van der Waals surface area contributed by atoms with E-state index in [0.717, 1.165) is 12.5 Å². The molecule has 19 heavy (non-hydrogen) atoms. The zero-order valence-electron chi connectivity index (χ0n) is 10.9. The molecule has 1 atom stereocenters. The van der Waals surface area contributed by atoms with E-state index in [2.05, 4.69) is 35.6 Å². The van der Waals surface area contributed by atoms with Crippen molar-refractivity contribution in [3.63, 3.8) is 0 Å². The maximum atomic E-state index is 9.29. The van der Waals surface area contributed by atoms with Crippen molar-refractivity contribution in [2.45, 2.75) is 25.4 Å². The van der Waals surface area contributed by atoms with Crippen LogP contribution in [-0.4, -0.2) is 5.11 Å².